The maximum Gasteiger partial charge on any atom is 0.271 e. The van der Waals surface area contributed by atoms with E-state index in [0.29, 0.717) is 11.7 Å². The van der Waals surface area contributed by atoms with Crippen LogP contribution in [0.15, 0.2) is 12.1 Å². The zero-order chi connectivity index (χ0) is 13.8. The van der Waals surface area contributed by atoms with E-state index in [1.165, 1.54) is 6.42 Å². The molecule has 0 saturated carbocycles. The van der Waals surface area contributed by atoms with Crippen molar-refractivity contribution in [2.24, 2.45) is 0 Å². The van der Waals surface area contributed by atoms with Gasteiger partial charge in [0, 0.05) is 26.2 Å². The summed E-state index contributed by atoms with van der Waals surface area (Å²) in [6.45, 7) is 1.96. The fourth-order valence-corrected chi connectivity index (χ4v) is 2.33. The van der Waals surface area contributed by atoms with E-state index >= 15 is 0 Å². The van der Waals surface area contributed by atoms with Gasteiger partial charge in [-0.15, -0.1) is 10.2 Å². The molecule has 19 heavy (non-hydrogen) atoms. The summed E-state index contributed by atoms with van der Waals surface area (Å²) in [5.74, 6) is 0.642. The maximum absolute atomic E-state index is 11.4. The highest BCUT2D eigenvalue weighted by Crippen LogP contribution is 2.19. The van der Waals surface area contributed by atoms with Crippen LogP contribution in [-0.2, 0) is 0 Å². The zero-order valence-electron chi connectivity index (χ0n) is 11.8. The van der Waals surface area contributed by atoms with Gasteiger partial charge in [-0.2, -0.15) is 0 Å². The molecule has 104 valence electrons. The van der Waals surface area contributed by atoms with E-state index in [1.54, 1.807) is 13.1 Å². The molecule has 1 fully saturated rings. The van der Waals surface area contributed by atoms with Gasteiger partial charge in [0.1, 0.15) is 0 Å². The van der Waals surface area contributed by atoms with Gasteiger partial charge in [-0.05, 0) is 39.1 Å². The van der Waals surface area contributed by atoms with Crippen molar-refractivity contribution in [1.82, 2.24) is 20.4 Å². The van der Waals surface area contributed by atoms with Crippen LogP contribution in [-0.4, -0.2) is 61.3 Å². The molecule has 1 aromatic rings. The first-order valence-electron chi connectivity index (χ1n) is 6.59. The van der Waals surface area contributed by atoms with Gasteiger partial charge in [-0.1, -0.05) is 0 Å². The van der Waals surface area contributed by atoms with E-state index in [9.17, 15) is 4.79 Å². The van der Waals surface area contributed by atoms with Crippen LogP contribution < -0.4 is 10.2 Å². The minimum absolute atomic E-state index is 0.205. The molecule has 6 nitrogen and oxygen atoms in total. The Morgan fingerprint density at radius 2 is 2.21 bits per heavy atom. The minimum Gasteiger partial charge on any atom is -0.354 e. The van der Waals surface area contributed by atoms with Crippen LogP contribution in [0.25, 0.3) is 0 Å². The standard InChI is InChI=1S/C13H21N5O/c1-14-13(19)11-6-7-12(16-15-11)18-8-4-5-10(9-18)17(2)3/h6-7,10H,4-5,8-9H2,1-3H3,(H,14,19). The van der Waals surface area contributed by atoms with E-state index in [1.807, 2.05) is 6.07 Å². The molecular weight excluding hydrogens is 242 g/mol. The third-order valence-corrected chi connectivity index (χ3v) is 3.56. The van der Waals surface area contributed by atoms with Crippen LogP contribution in [0.4, 0.5) is 5.82 Å². The van der Waals surface area contributed by atoms with E-state index in [2.05, 4.69) is 39.4 Å². The van der Waals surface area contributed by atoms with Gasteiger partial charge in [-0.25, -0.2) is 0 Å². The third kappa shape index (κ3) is 3.20. The van der Waals surface area contributed by atoms with Crippen molar-refractivity contribution >= 4 is 11.7 Å². The first-order chi connectivity index (χ1) is 9.11. The molecule has 0 aliphatic carbocycles. The second-order valence-corrected chi connectivity index (χ2v) is 5.06. The van der Waals surface area contributed by atoms with Crippen molar-refractivity contribution < 1.29 is 4.79 Å². The molecule has 1 amide bonds. The molecule has 0 aromatic carbocycles. The monoisotopic (exact) mass is 263 g/mol. The van der Waals surface area contributed by atoms with Gasteiger partial charge < -0.3 is 15.1 Å². The fourth-order valence-electron chi connectivity index (χ4n) is 2.33. The molecule has 1 unspecified atom stereocenters. The van der Waals surface area contributed by atoms with E-state index in [4.69, 9.17) is 0 Å². The predicted octanol–water partition coefficient (Wildman–Crippen LogP) is 0.367. The van der Waals surface area contributed by atoms with Crippen molar-refractivity contribution in [2.45, 2.75) is 18.9 Å². The first kappa shape index (κ1) is 13.7. The lowest BCUT2D eigenvalue weighted by atomic mass is 10.1. The molecular formula is C13H21N5O. The van der Waals surface area contributed by atoms with Gasteiger partial charge in [-0.3, -0.25) is 4.79 Å². The Morgan fingerprint density at radius 1 is 1.42 bits per heavy atom. The summed E-state index contributed by atoms with van der Waals surface area (Å²) < 4.78 is 0. The van der Waals surface area contributed by atoms with Crippen LogP contribution >= 0.6 is 0 Å². The summed E-state index contributed by atoms with van der Waals surface area (Å²) in [4.78, 5) is 15.9. The quantitative estimate of drug-likeness (QED) is 0.853. The molecule has 2 rings (SSSR count). The highest BCUT2D eigenvalue weighted by atomic mass is 16.1. The summed E-state index contributed by atoms with van der Waals surface area (Å²) in [7, 11) is 5.80. The molecule has 0 bridgehead atoms. The average molecular weight is 263 g/mol. The number of hydrogen-bond acceptors (Lipinski definition) is 5. The molecule has 1 N–H and O–H groups in total. The van der Waals surface area contributed by atoms with Crippen LogP contribution in [0.2, 0.25) is 0 Å². The predicted molar refractivity (Wildman–Crippen MR) is 74.3 cm³/mol. The number of anilines is 1. The normalized spacial score (nSPS) is 19.6. The smallest absolute Gasteiger partial charge is 0.271 e. The van der Waals surface area contributed by atoms with Crippen molar-refractivity contribution in [3.05, 3.63) is 17.8 Å². The van der Waals surface area contributed by atoms with Gasteiger partial charge in [0.2, 0.25) is 0 Å². The molecule has 1 saturated heterocycles. The Balaban J connectivity index is 2.07. The van der Waals surface area contributed by atoms with E-state index < -0.39 is 0 Å². The lowest BCUT2D eigenvalue weighted by molar-refractivity contribution is 0.0957. The van der Waals surface area contributed by atoms with Crippen molar-refractivity contribution in [3.8, 4) is 0 Å². The summed E-state index contributed by atoms with van der Waals surface area (Å²) in [5, 5.41) is 10.7. The lowest BCUT2D eigenvalue weighted by Gasteiger charge is -2.36. The fraction of sp³-hybridized carbons (Fsp3) is 0.615. The molecule has 1 aromatic heterocycles. The average Bonchev–Trinajstić information content (AvgIpc) is 2.46. The highest BCUT2D eigenvalue weighted by molar-refractivity contribution is 5.91. The van der Waals surface area contributed by atoms with Gasteiger partial charge in [0.15, 0.2) is 11.5 Å². The molecule has 1 aliphatic rings. The zero-order valence-corrected chi connectivity index (χ0v) is 11.8. The van der Waals surface area contributed by atoms with Crippen LogP contribution in [0.5, 0.6) is 0 Å². The van der Waals surface area contributed by atoms with Crippen molar-refractivity contribution in [3.63, 3.8) is 0 Å². The molecule has 2 heterocycles. The Kier molecular flexibility index (Phi) is 4.31. The molecule has 1 atom stereocenters. The maximum atomic E-state index is 11.4. The number of likely N-dealkylation sites (N-methyl/N-ethyl adjacent to an activating group) is 1. The van der Waals surface area contributed by atoms with Crippen LogP contribution in [0.3, 0.4) is 0 Å². The van der Waals surface area contributed by atoms with Gasteiger partial charge in [0.05, 0.1) is 0 Å². The van der Waals surface area contributed by atoms with E-state index in [0.717, 1.165) is 25.3 Å². The first-order valence-corrected chi connectivity index (χ1v) is 6.59. The SMILES string of the molecule is CNC(=O)c1ccc(N2CCCC(N(C)C)C2)nn1. The number of rotatable bonds is 3. The number of hydrogen-bond donors (Lipinski definition) is 1. The second-order valence-electron chi connectivity index (χ2n) is 5.06. The Labute approximate surface area is 113 Å². The van der Waals surface area contributed by atoms with Crippen molar-refractivity contribution in [1.29, 1.82) is 0 Å². The second kappa shape index (κ2) is 5.97. The van der Waals surface area contributed by atoms with Crippen molar-refractivity contribution in [2.75, 3.05) is 39.1 Å². The topological polar surface area (TPSA) is 61.4 Å². The van der Waals surface area contributed by atoms with Crippen LogP contribution in [0.1, 0.15) is 23.3 Å². The van der Waals surface area contributed by atoms with Gasteiger partial charge >= 0.3 is 0 Å². The largest absolute Gasteiger partial charge is 0.354 e. The Morgan fingerprint density at radius 3 is 2.79 bits per heavy atom. The third-order valence-electron chi connectivity index (χ3n) is 3.56. The summed E-state index contributed by atoms with van der Waals surface area (Å²) >= 11 is 0. The summed E-state index contributed by atoms with van der Waals surface area (Å²) in [6.07, 6.45) is 2.37. The Bertz CT molecular complexity index is 431. The molecule has 0 radical (unpaired) electrons. The molecule has 1 aliphatic heterocycles. The van der Waals surface area contributed by atoms with E-state index in [-0.39, 0.29) is 5.91 Å². The molecule has 0 spiro atoms. The number of carbonyl (C=O) groups excluding carboxylic acids is 1. The number of aromatic nitrogens is 2. The highest BCUT2D eigenvalue weighted by Gasteiger charge is 2.22. The number of carbonyl (C=O) groups is 1. The molecule has 6 heteroatoms. The minimum atomic E-state index is -0.205. The lowest BCUT2D eigenvalue weighted by Crippen LogP contribution is -2.45. The number of nitrogens with zero attached hydrogens (tertiary/aromatic N) is 4. The number of piperidine rings is 1. The Hall–Kier alpha value is -1.69. The summed E-state index contributed by atoms with van der Waals surface area (Å²) in [6, 6.07) is 4.14. The number of nitrogens with one attached hydrogen (secondary N) is 1. The van der Waals surface area contributed by atoms with Gasteiger partial charge in [0.25, 0.3) is 5.91 Å². The van der Waals surface area contributed by atoms with Crippen LogP contribution in [0, 0.1) is 0 Å². The number of amides is 1. The summed E-state index contributed by atoms with van der Waals surface area (Å²) in [5.41, 5.74) is 0.354.